The third kappa shape index (κ3) is 3.57. The third-order valence-corrected chi connectivity index (χ3v) is 5.36. The van der Waals surface area contributed by atoms with Crippen molar-refractivity contribution >= 4 is 29.3 Å². The Hall–Kier alpha value is -2.06. The first-order valence-corrected chi connectivity index (χ1v) is 10.0. The Bertz CT molecular complexity index is 889. The number of nitrogens with zero attached hydrogens (tertiary/aromatic N) is 6. The molecule has 0 N–H and O–H groups in total. The van der Waals surface area contributed by atoms with Crippen molar-refractivity contribution in [3.05, 3.63) is 41.1 Å². The molecule has 1 aliphatic heterocycles. The van der Waals surface area contributed by atoms with Gasteiger partial charge in [-0.3, -0.25) is 4.57 Å². The highest BCUT2D eigenvalue weighted by Gasteiger charge is 2.23. The van der Waals surface area contributed by atoms with E-state index in [9.17, 15) is 0 Å². The maximum atomic E-state index is 6.21. The van der Waals surface area contributed by atoms with Crippen molar-refractivity contribution < 1.29 is 4.42 Å². The van der Waals surface area contributed by atoms with Gasteiger partial charge in [-0.25, -0.2) is 0 Å². The number of rotatable bonds is 6. The van der Waals surface area contributed by atoms with Crippen molar-refractivity contribution in [3.63, 3.8) is 0 Å². The van der Waals surface area contributed by atoms with Crippen LogP contribution in [0.15, 0.2) is 33.8 Å². The molecule has 0 spiro atoms. The lowest BCUT2D eigenvalue weighted by molar-refractivity contribution is 0.470. The van der Waals surface area contributed by atoms with Crippen LogP contribution in [-0.2, 0) is 12.2 Å². The number of hydrogen-bond donors (Lipinski definition) is 0. The predicted octanol–water partition coefficient (Wildman–Crippen LogP) is 3.76. The molecule has 0 atom stereocenters. The molecule has 1 aliphatic rings. The molecule has 0 bridgehead atoms. The largest absolute Gasteiger partial charge is 0.424 e. The fourth-order valence-electron chi connectivity index (χ4n) is 2.93. The summed E-state index contributed by atoms with van der Waals surface area (Å²) in [5, 5.41) is 18.4. The van der Waals surface area contributed by atoms with Gasteiger partial charge in [0.15, 0.2) is 5.16 Å². The first kappa shape index (κ1) is 17.4. The van der Waals surface area contributed by atoms with Gasteiger partial charge in [-0.2, -0.15) is 0 Å². The van der Waals surface area contributed by atoms with E-state index in [0.717, 1.165) is 36.3 Å². The molecular weight excluding hydrogens is 372 g/mol. The van der Waals surface area contributed by atoms with E-state index in [1.807, 2.05) is 31.2 Å². The first-order chi connectivity index (χ1) is 12.7. The quantitative estimate of drug-likeness (QED) is 0.593. The van der Waals surface area contributed by atoms with Gasteiger partial charge in [0.25, 0.3) is 0 Å². The molecule has 0 amide bonds. The number of anilines is 1. The van der Waals surface area contributed by atoms with E-state index in [4.69, 9.17) is 16.0 Å². The zero-order valence-electron chi connectivity index (χ0n) is 14.4. The van der Waals surface area contributed by atoms with Crippen LogP contribution < -0.4 is 4.90 Å². The smallest absolute Gasteiger partial charge is 0.232 e. The Labute approximate surface area is 160 Å². The summed E-state index contributed by atoms with van der Waals surface area (Å²) in [4.78, 5) is 2.26. The Morgan fingerprint density at radius 1 is 1.12 bits per heavy atom. The van der Waals surface area contributed by atoms with E-state index < -0.39 is 0 Å². The van der Waals surface area contributed by atoms with Gasteiger partial charge in [-0.15, -0.1) is 20.4 Å². The minimum atomic E-state index is 0.547. The molecule has 1 aromatic carbocycles. The molecule has 136 valence electrons. The van der Waals surface area contributed by atoms with E-state index in [1.54, 1.807) is 0 Å². The minimum absolute atomic E-state index is 0.547. The first-order valence-electron chi connectivity index (χ1n) is 8.65. The third-order valence-electron chi connectivity index (χ3n) is 4.21. The highest BCUT2D eigenvalue weighted by atomic mass is 35.5. The predicted molar refractivity (Wildman–Crippen MR) is 101 cm³/mol. The highest BCUT2D eigenvalue weighted by molar-refractivity contribution is 7.98. The van der Waals surface area contributed by atoms with Gasteiger partial charge in [0.05, 0.1) is 11.4 Å². The molecule has 2 aromatic heterocycles. The number of hydrogen-bond acceptors (Lipinski definition) is 7. The second kappa shape index (κ2) is 7.67. The lowest BCUT2D eigenvalue weighted by Gasteiger charge is -2.18. The molecule has 0 aliphatic carbocycles. The van der Waals surface area contributed by atoms with Crippen LogP contribution in [0.1, 0.15) is 31.5 Å². The zero-order chi connectivity index (χ0) is 17.9. The molecule has 3 aromatic rings. The van der Waals surface area contributed by atoms with Gasteiger partial charge in [0.1, 0.15) is 0 Å². The second-order valence-electron chi connectivity index (χ2n) is 6.02. The van der Waals surface area contributed by atoms with E-state index in [1.165, 1.54) is 24.6 Å². The molecular formula is C17H19ClN6OS. The Morgan fingerprint density at radius 3 is 2.65 bits per heavy atom. The molecule has 1 fully saturated rings. The summed E-state index contributed by atoms with van der Waals surface area (Å²) in [6, 6.07) is 7.74. The Balaban J connectivity index is 1.65. The molecule has 7 nitrogen and oxygen atoms in total. The van der Waals surface area contributed by atoms with Gasteiger partial charge in [0.2, 0.25) is 17.7 Å². The van der Waals surface area contributed by atoms with Crippen LogP contribution in [0.2, 0.25) is 5.02 Å². The lowest BCUT2D eigenvalue weighted by Crippen LogP contribution is -2.22. The van der Waals surface area contributed by atoms with Gasteiger partial charge in [-0.05, 0) is 31.0 Å². The van der Waals surface area contributed by atoms with Gasteiger partial charge < -0.3 is 9.32 Å². The standard InChI is InChI=1S/C17H19ClN6OS/c1-2-14-19-20-15(25-14)11-26-17-22-21-16(23-8-3-4-9-23)24(17)13-7-5-6-12(18)10-13/h5-7,10H,2-4,8-9,11H2,1H3. The van der Waals surface area contributed by atoms with Crippen molar-refractivity contribution in [2.24, 2.45) is 0 Å². The molecule has 3 heterocycles. The molecule has 0 radical (unpaired) electrons. The van der Waals surface area contributed by atoms with Crippen LogP contribution >= 0.6 is 23.4 Å². The van der Waals surface area contributed by atoms with Crippen LogP contribution in [0, 0.1) is 0 Å². The average Bonchev–Trinajstić information content (AvgIpc) is 3.39. The highest BCUT2D eigenvalue weighted by Crippen LogP contribution is 2.30. The molecule has 1 saturated heterocycles. The van der Waals surface area contributed by atoms with Crippen LogP contribution in [-0.4, -0.2) is 38.1 Å². The van der Waals surface area contributed by atoms with E-state index >= 15 is 0 Å². The van der Waals surface area contributed by atoms with Crippen LogP contribution in [0.3, 0.4) is 0 Å². The summed E-state index contributed by atoms with van der Waals surface area (Å²) in [5.74, 6) is 2.64. The van der Waals surface area contributed by atoms with Gasteiger partial charge in [-0.1, -0.05) is 36.4 Å². The fraction of sp³-hybridized carbons (Fsp3) is 0.412. The second-order valence-corrected chi connectivity index (χ2v) is 7.40. The van der Waals surface area contributed by atoms with E-state index in [0.29, 0.717) is 22.6 Å². The lowest BCUT2D eigenvalue weighted by atomic mass is 10.3. The van der Waals surface area contributed by atoms with Gasteiger partial charge in [0, 0.05) is 24.5 Å². The van der Waals surface area contributed by atoms with Crippen LogP contribution in [0.5, 0.6) is 0 Å². The topological polar surface area (TPSA) is 72.9 Å². The van der Waals surface area contributed by atoms with Gasteiger partial charge >= 0.3 is 0 Å². The molecule has 0 saturated carbocycles. The summed E-state index contributed by atoms with van der Waals surface area (Å²) < 4.78 is 7.65. The van der Waals surface area contributed by atoms with Crippen molar-refractivity contribution in [1.29, 1.82) is 0 Å². The summed E-state index contributed by atoms with van der Waals surface area (Å²) in [7, 11) is 0. The fourth-order valence-corrected chi connectivity index (χ4v) is 3.90. The van der Waals surface area contributed by atoms with Crippen molar-refractivity contribution in [2.45, 2.75) is 37.1 Å². The Kier molecular flexibility index (Phi) is 5.12. The van der Waals surface area contributed by atoms with Crippen molar-refractivity contribution in [1.82, 2.24) is 25.0 Å². The maximum absolute atomic E-state index is 6.21. The summed E-state index contributed by atoms with van der Waals surface area (Å²) in [6.45, 7) is 3.97. The number of aromatic nitrogens is 5. The molecule has 4 rings (SSSR count). The molecule has 9 heteroatoms. The van der Waals surface area contributed by atoms with Crippen molar-refractivity contribution in [3.8, 4) is 5.69 Å². The maximum Gasteiger partial charge on any atom is 0.232 e. The number of benzene rings is 1. The summed E-state index contributed by atoms with van der Waals surface area (Å²) >= 11 is 7.74. The molecule has 26 heavy (non-hydrogen) atoms. The SMILES string of the molecule is CCc1nnc(CSc2nnc(N3CCCC3)n2-c2cccc(Cl)c2)o1. The average molecular weight is 391 g/mol. The van der Waals surface area contributed by atoms with Crippen LogP contribution in [0.4, 0.5) is 5.95 Å². The normalized spacial score (nSPS) is 14.3. The minimum Gasteiger partial charge on any atom is -0.424 e. The van der Waals surface area contributed by atoms with E-state index in [-0.39, 0.29) is 0 Å². The molecule has 0 unspecified atom stereocenters. The monoisotopic (exact) mass is 390 g/mol. The summed E-state index contributed by atoms with van der Waals surface area (Å²) in [6.07, 6.45) is 3.08. The number of thioether (sulfide) groups is 1. The number of halogens is 1. The van der Waals surface area contributed by atoms with E-state index in [2.05, 4.69) is 29.9 Å². The summed E-state index contributed by atoms with van der Waals surface area (Å²) in [5.41, 5.74) is 0.951. The number of aryl methyl sites for hydroxylation is 1. The Morgan fingerprint density at radius 2 is 1.92 bits per heavy atom. The van der Waals surface area contributed by atoms with Crippen molar-refractivity contribution in [2.75, 3.05) is 18.0 Å². The van der Waals surface area contributed by atoms with Crippen LogP contribution in [0.25, 0.3) is 5.69 Å². The zero-order valence-corrected chi connectivity index (χ0v) is 16.0.